The maximum atomic E-state index is 12.9. The number of carbonyl (C=O) groups is 3. The molecule has 0 aromatic heterocycles. The van der Waals surface area contributed by atoms with Crippen molar-refractivity contribution in [3.8, 4) is 0 Å². The third-order valence-corrected chi connectivity index (χ3v) is 7.20. The second kappa shape index (κ2) is 22.4. The van der Waals surface area contributed by atoms with Crippen LogP contribution in [-0.2, 0) is 19.1 Å². The van der Waals surface area contributed by atoms with E-state index in [1.807, 2.05) is 39.0 Å². The molecule has 0 radical (unpaired) electrons. The SMILES string of the molecule is CCC(C)C(NC[C@@H](C)OC)C(=O)N(C)CC(=O)NCC(=O)NCCCC/C1=C/C/C=C\C=C/C1.Cc1ccccc1. The molecule has 0 aliphatic heterocycles. The first-order chi connectivity index (χ1) is 20.2. The van der Waals surface area contributed by atoms with E-state index in [1.165, 1.54) is 16.0 Å². The van der Waals surface area contributed by atoms with E-state index in [1.54, 1.807) is 14.2 Å². The van der Waals surface area contributed by atoms with Crippen LogP contribution in [0.25, 0.3) is 0 Å². The van der Waals surface area contributed by atoms with Gasteiger partial charge in [-0.2, -0.15) is 0 Å². The Bertz CT molecular complexity index is 1010. The maximum Gasteiger partial charge on any atom is 0.240 e. The van der Waals surface area contributed by atoms with Crippen molar-refractivity contribution in [2.75, 3.05) is 40.3 Å². The van der Waals surface area contributed by atoms with Gasteiger partial charge in [0, 0.05) is 27.2 Å². The summed E-state index contributed by atoms with van der Waals surface area (Å²) in [5, 5.41) is 8.72. The quantitative estimate of drug-likeness (QED) is 0.194. The summed E-state index contributed by atoms with van der Waals surface area (Å²) in [7, 11) is 3.24. The van der Waals surface area contributed by atoms with Gasteiger partial charge in [0.2, 0.25) is 17.7 Å². The van der Waals surface area contributed by atoms with Gasteiger partial charge >= 0.3 is 0 Å². The molecule has 8 heteroatoms. The minimum atomic E-state index is -0.399. The zero-order valence-electron chi connectivity index (χ0n) is 26.7. The van der Waals surface area contributed by atoms with Crippen molar-refractivity contribution in [1.29, 1.82) is 0 Å². The van der Waals surface area contributed by atoms with Crippen LogP contribution in [0.2, 0.25) is 0 Å². The number of nitrogens with zero attached hydrogens (tertiary/aromatic N) is 1. The predicted octanol–water partition coefficient (Wildman–Crippen LogP) is 4.71. The first-order valence-electron chi connectivity index (χ1n) is 15.2. The van der Waals surface area contributed by atoms with E-state index in [9.17, 15) is 14.4 Å². The summed E-state index contributed by atoms with van der Waals surface area (Å²) in [4.78, 5) is 38.7. The predicted molar refractivity (Wildman–Crippen MR) is 172 cm³/mol. The topological polar surface area (TPSA) is 99.8 Å². The summed E-state index contributed by atoms with van der Waals surface area (Å²) >= 11 is 0. The van der Waals surface area contributed by atoms with E-state index < -0.39 is 6.04 Å². The molecule has 2 unspecified atom stereocenters. The molecular weight excluding hydrogens is 528 g/mol. The van der Waals surface area contributed by atoms with Crippen molar-refractivity contribution < 1.29 is 19.1 Å². The number of ether oxygens (including phenoxy) is 1. The Morgan fingerprint density at radius 2 is 1.71 bits per heavy atom. The highest BCUT2D eigenvalue weighted by molar-refractivity contribution is 5.89. The van der Waals surface area contributed by atoms with Crippen molar-refractivity contribution in [2.24, 2.45) is 5.92 Å². The summed E-state index contributed by atoms with van der Waals surface area (Å²) in [6, 6.07) is 9.86. The molecule has 234 valence electrons. The van der Waals surface area contributed by atoms with Gasteiger partial charge in [-0.15, -0.1) is 0 Å². The molecule has 0 saturated heterocycles. The van der Waals surface area contributed by atoms with Gasteiger partial charge < -0.3 is 25.6 Å². The number of likely N-dealkylation sites (N-methyl/N-ethyl adjacent to an activating group) is 1. The van der Waals surface area contributed by atoms with Crippen LogP contribution >= 0.6 is 0 Å². The Morgan fingerprint density at radius 1 is 1.00 bits per heavy atom. The van der Waals surface area contributed by atoms with E-state index >= 15 is 0 Å². The monoisotopic (exact) mass is 582 g/mol. The Kier molecular flexibility index (Phi) is 19.6. The lowest BCUT2D eigenvalue weighted by Crippen LogP contribution is -2.52. The summed E-state index contributed by atoms with van der Waals surface area (Å²) in [6.07, 6.45) is 16.4. The fourth-order valence-corrected chi connectivity index (χ4v) is 4.19. The highest BCUT2D eigenvalue weighted by atomic mass is 16.5. The van der Waals surface area contributed by atoms with Crippen molar-refractivity contribution in [1.82, 2.24) is 20.9 Å². The Labute approximate surface area is 254 Å². The fraction of sp³-hybridized carbons (Fsp3) is 0.559. The van der Waals surface area contributed by atoms with Gasteiger partial charge in [0.1, 0.15) is 0 Å². The van der Waals surface area contributed by atoms with Gasteiger partial charge in [0.15, 0.2) is 0 Å². The molecule has 1 aliphatic rings. The fourth-order valence-electron chi connectivity index (χ4n) is 4.19. The van der Waals surface area contributed by atoms with Gasteiger partial charge in [0.25, 0.3) is 0 Å². The van der Waals surface area contributed by atoms with Crippen LogP contribution in [0, 0.1) is 12.8 Å². The average Bonchev–Trinajstić information content (AvgIpc) is 2.97. The summed E-state index contributed by atoms with van der Waals surface area (Å²) < 4.78 is 5.25. The number of carbonyl (C=O) groups excluding carboxylic acids is 3. The molecule has 0 spiro atoms. The zero-order chi connectivity index (χ0) is 31.2. The molecule has 1 aromatic rings. The first kappa shape index (κ1) is 36.8. The van der Waals surface area contributed by atoms with Crippen LogP contribution in [0.1, 0.15) is 64.9 Å². The second-order valence-corrected chi connectivity index (χ2v) is 10.9. The number of aryl methyl sites for hydroxylation is 1. The molecule has 0 saturated carbocycles. The number of unbranched alkanes of at least 4 members (excludes halogenated alkanes) is 1. The number of allylic oxidation sites excluding steroid dienone is 6. The number of benzene rings is 1. The van der Waals surface area contributed by atoms with Gasteiger partial charge in [-0.1, -0.05) is 92.1 Å². The molecule has 0 fully saturated rings. The molecule has 42 heavy (non-hydrogen) atoms. The smallest absolute Gasteiger partial charge is 0.240 e. The standard InChI is InChI=1S/C27H46N4O4.C7H8/c1-6-21(2)26(30-18-22(3)35-5)27(34)31(4)20-25(33)29-19-24(32)28-17-13-12-16-23-14-10-8-7-9-11-15-23;1-7-5-3-2-4-6-7/h7-10,15,21-22,26,30H,6,11-14,16-20H2,1-5H3,(H,28,32)(H,29,33);2-6H,1H3/b9-7-,10-8-,23-15+;/t21?,22-,26?;/m1./s1. The number of hydrogen-bond acceptors (Lipinski definition) is 5. The maximum absolute atomic E-state index is 12.9. The molecule has 0 bridgehead atoms. The van der Waals surface area contributed by atoms with E-state index in [4.69, 9.17) is 4.74 Å². The lowest BCUT2D eigenvalue weighted by atomic mass is 9.97. The second-order valence-electron chi connectivity index (χ2n) is 10.9. The van der Waals surface area contributed by atoms with Gasteiger partial charge in [-0.05, 0) is 51.9 Å². The average molecular weight is 583 g/mol. The highest BCUT2D eigenvalue weighted by Gasteiger charge is 2.27. The highest BCUT2D eigenvalue weighted by Crippen LogP contribution is 2.15. The molecule has 3 amide bonds. The summed E-state index contributed by atoms with van der Waals surface area (Å²) in [5.74, 6) is -0.617. The lowest BCUT2D eigenvalue weighted by Gasteiger charge is -2.29. The molecule has 2 rings (SSSR count). The molecular formula is C34H54N4O4. The Balaban J connectivity index is 0.00000109. The first-order valence-corrected chi connectivity index (χ1v) is 15.2. The number of hydrogen-bond donors (Lipinski definition) is 3. The largest absolute Gasteiger partial charge is 0.380 e. The van der Waals surface area contributed by atoms with Crippen molar-refractivity contribution in [3.63, 3.8) is 0 Å². The van der Waals surface area contributed by atoms with Crippen molar-refractivity contribution >= 4 is 17.7 Å². The zero-order valence-corrected chi connectivity index (χ0v) is 26.7. The Morgan fingerprint density at radius 3 is 2.36 bits per heavy atom. The van der Waals surface area contributed by atoms with Crippen LogP contribution in [0.5, 0.6) is 0 Å². The minimum Gasteiger partial charge on any atom is -0.380 e. The van der Waals surface area contributed by atoms with E-state index in [-0.39, 0.29) is 42.8 Å². The van der Waals surface area contributed by atoms with Crippen LogP contribution in [-0.4, -0.2) is 75.1 Å². The van der Waals surface area contributed by atoms with Crippen LogP contribution < -0.4 is 16.0 Å². The van der Waals surface area contributed by atoms with Gasteiger partial charge in [-0.3, -0.25) is 14.4 Å². The number of methoxy groups -OCH3 is 1. The molecule has 1 aliphatic carbocycles. The third kappa shape index (κ3) is 16.9. The van der Waals surface area contributed by atoms with E-state index in [0.29, 0.717) is 13.1 Å². The van der Waals surface area contributed by atoms with Crippen LogP contribution in [0.15, 0.2) is 66.3 Å². The van der Waals surface area contributed by atoms with E-state index in [0.717, 1.165) is 38.5 Å². The Hall–Kier alpha value is -3.23. The normalized spacial score (nSPS) is 17.4. The van der Waals surface area contributed by atoms with Crippen molar-refractivity contribution in [3.05, 3.63) is 71.8 Å². The van der Waals surface area contributed by atoms with Gasteiger partial charge in [0.05, 0.1) is 25.2 Å². The van der Waals surface area contributed by atoms with Gasteiger partial charge in [-0.25, -0.2) is 0 Å². The van der Waals surface area contributed by atoms with Crippen LogP contribution in [0.4, 0.5) is 0 Å². The number of nitrogens with one attached hydrogen (secondary N) is 3. The molecule has 0 heterocycles. The molecule has 8 nitrogen and oxygen atoms in total. The molecule has 3 atom stereocenters. The number of rotatable bonds is 16. The lowest BCUT2D eigenvalue weighted by molar-refractivity contribution is -0.137. The molecule has 3 N–H and O–H groups in total. The summed E-state index contributed by atoms with van der Waals surface area (Å²) in [5.41, 5.74) is 2.75. The van der Waals surface area contributed by atoms with E-state index in [2.05, 4.69) is 65.4 Å². The number of amides is 3. The van der Waals surface area contributed by atoms with Crippen LogP contribution in [0.3, 0.4) is 0 Å². The third-order valence-electron chi connectivity index (χ3n) is 7.20. The molecule has 1 aromatic carbocycles. The van der Waals surface area contributed by atoms with Crippen molar-refractivity contribution in [2.45, 2.75) is 78.4 Å². The summed E-state index contributed by atoms with van der Waals surface area (Å²) in [6.45, 7) is 8.98. The minimum absolute atomic E-state index is 0.0189.